The van der Waals surface area contributed by atoms with Crippen molar-refractivity contribution in [2.24, 2.45) is 17.2 Å². The summed E-state index contributed by atoms with van der Waals surface area (Å²) in [5.74, 6) is 2.05. The molecule has 10 heterocycles. The topological polar surface area (TPSA) is 339 Å². The normalized spacial score (nSPS) is 10.2. The number of fused-ring (bicyclic) bond motifs is 3. The van der Waals surface area contributed by atoms with Crippen LogP contribution in [0.5, 0.6) is 0 Å². The Morgan fingerprint density at radius 3 is 1.40 bits per heavy atom. The highest BCUT2D eigenvalue weighted by Gasteiger charge is 2.07. The van der Waals surface area contributed by atoms with E-state index in [1.54, 1.807) is 61.6 Å². The number of aryl methyl sites for hydroxylation is 2. The first-order chi connectivity index (χ1) is 43.2. The van der Waals surface area contributed by atoms with E-state index < -0.39 is 0 Å². The molecule has 0 saturated carbocycles. The summed E-state index contributed by atoms with van der Waals surface area (Å²) in [5, 5.41) is 25.2. The number of anilines is 2. The fourth-order valence-electron chi connectivity index (χ4n) is 7.75. The number of halogens is 6. The van der Waals surface area contributed by atoms with Crippen molar-refractivity contribution < 1.29 is 0 Å². The van der Waals surface area contributed by atoms with Crippen molar-refractivity contribution >= 4 is 165 Å². The molecule has 23 nitrogen and oxygen atoms in total. The van der Waals surface area contributed by atoms with Gasteiger partial charge < -0.3 is 64.1 Å². The molecule has 0 fully saturated rings. The van der Waals surface area contributed by atoms with Crippen LogP contribution in [-0.4, -0.2) is 123 Å². The molecule has 0 bridgehead atoms. The summed E-state index contributed by atoms with van der Waals surface area (Å²) in [6.45, 7) is 6.32. The van der Waals surface area contributed by atoms with Gasteiger partial charge in [-0.15, -0.1) is 0 Å². The third kappa shape index (κ3) is 30.3. The van der Waals surface area contributed by atoms with E-state index in [9.17, 15) is 0 Å². The third-order valence-electron chi connectivity index (χ3n) is 12.0. The first-order valence-electron chi connectivity index (χ1n) is 27.9. The minimum atomic E-state index is -0.0556. The maximum atomic E-state index is 5.81. The molecule has 90 heavy (non-hydrogen) atoms. The van der Waals surface area contributed by atoms with Crippen LogP contribution in [0.25, 0.3) is 33.1 Å². The van der Waals surface area contributed by atoms with E-state index in [0.29, 0.717) is 57.2 Å². The Labute approximate surface area is 569 Å². The third-order valence-corrected chi connectivity index (χ3v) is 13.3. The second-order valence-electron chi connectivity index (χ2n) is 18.4. The predicted octanol–water partition coefficient (Wildman–Crippen LogP) is 11.2. The van der Waals surface area contributed by atoms with Crippen molar-refractivity contribution in [3.63, 3.8) is 0 Å². The summed E-state index contributed by atoms with van der Waals surface area (Å²) in [6.07, 6.45) is 25.2. The van der Waals surface area contributed by atoms with Crippen LogP contribution in [0.1, 0.15) is 74.2 Å². The number of unbranched alkanes of at least 4 members (excludes halogenated alkanes) is 2. The Morgan fingerprint density at radius 1 is 0.444 bits per heavy atom. The standard InChI is InChI=1S/2C16H18ClN7S.2C8H12ClN3.C8H9N3.CCl2S.CH4/c17-15-21-9-4-13(24-15)18-5-1-6-22-16(25)23-10-11-2-7-19-14-12(11)3-8-20-14;17-13-4-9-21-15(24-13)20-5-1-6-22-16(25)23-10-11-2-7-18-14-12(11)3-8-19-14;9-7-4-6-11-8(12-7)3-1-2-5-10;9-8-11-6-4-7(12-8)3-1-2-5-10;9-5-6-1-3-10-8-7(6)2-4-11-8;2-1(3)4;/h2-4,7-9H,1,5-6,10H2,(H,19,20)(H,18,21,24)(H2,22,23,25);2-4,7-9H,1,5-6,10H2,(H,18,19)(H,20,21,24)(H2,22,23,25);2*4,6H,1-3,5,10H2;1-4H,5,9H2,(H,10,11);;1H4. The highest BCUT2D eigenvalue weighted by molar-refractivity contribution is 7.86. The van der Waals surface area contributed by atoms with Crippen LogP contribution in [0.2, 0.25) is 20.9 Å². The number of thiocarbonyl (C=S) groups is 3. The molecular formula is C58H73Cl6N23S3. The Balaban J connectivity index is 0.000000246. The van der Waals surface area contributed by atoms with Gasteiger partial charge in [0.05, 0.1) is 0 Å². The van der Waals surface area contributed by atoms with Gasteiger partial charge in [-0.25, -0.2) is 54.8 Å². The van der Waals surface area contributed by atoms with E-state index in [1.165, 1.54) is 0 Å². The largest absolute Gasteiger partial charge is 0.370 e. The molecule has 0 aliphatic rings. The van der Waals surface area contributed by atoms with Crippen LogP contribution < -0.4 is 49.1 Å². The molecule has 32 heteroatoms. The zero-order chi connectivity index (χ0) is 63.9. The summed E-state index contributed by atoms with van der Waals surface area (Å²) >= 11 is 47.1. The van der Waals surface area contributed by atoms with Crippen molar-refractivity contribution in [1.82, 2.24) is 91.0 Å². The Bertz CT molecular complexity index is 3480. The summed E-state index contributed by atoms with van der Waals surface area (Å²) in [4.78, 5) is 54.0. The van der Waals surface area contributed by atoms with Gasteiger partial charge in [0.15, 0.2) is 14.0 Å². The van der Waals surface area contributed by atoms with Gasteiger partial charge in [-0.1, -0.05) is 66.0 Å². The van der Waals surface area contributed by atoms with Crippen molar-refractivity contribution in [3.8, 4) is 0 Å². The van der Waals surface area contributed by atoms with E-state index >= 15 is 0 Å². The minimum absolute atomic E-state index is 0. The Hall–Kier alpha value is -6.92. The van der Waals surface area contributed by atoms with Gasteiger partial charge in [0.1, 0.15) is 38.9 Å². The van der Waals surface area contributed by atoms with E-state index in [4.69, 9.17) is 111 Å². The smallest absolute Gasteiger partial charge is 0.224 e. The quantitative estimate of drug-likeness (QED) is 0.00930. The first-order valence-corrected chi connectivity index (χ1v) is 31.4. The van der Waals surface area contributed by atoms with Crippen LogP contribution in [0.4, 0.5) is 11.8 Å². The summed E-state index contributed by atoms with van der Waals surface area (Å²) < 4.78 is -0.0556. The first kappa shape index (κ1) is 75.5. The van der Waals surface area contributed by atoms with Crippen LogP contribution in [0.3, 0.4) is 0 Å². The molecule has 0 aliphatic heterocycles. The Morgan fingerprint density at radius 2 is 0.900 bits per heavy atom. The van der Waals surface area contributed by atoms with Crippen LogP contribution in [-0.2, 0) is 32.5 Å². The minimum Gasteiger partial charge on any atom is -0.370 e. The zero-order valence-corrected chi connectivity index (χ0v) is 55.2. The maximum Gasteiger partial charge on any atom is 0.224 e. The lowest BCUT2D eigenvalue weighted by Crippen LogP contribution is -2.35. The molecule has 0 aliphatic carbocycles. The predicted molar refractivity (Wildman–Crippen MR) is 380 cm³/mol. The molecule has 0 saturated heterocycles. The lowest BCUT2D eigenvalue weighted by atomic mass is 10.2. The Kier molecular flexibility index (Phi) is 37.4. The molecular weight excluding hydrogens is 1330 g/mol. The number of nitrogens with two attached hydrogens (primary N) is 3. The van der Waals surface area contributed by atoms with Crippen LogP contribution in [0, 0.1) is 0 Å². The van der Waals surface area contributed by atoms with Gasteiger partial charge in [-0.05, 0) is 183 Å². The number of H-pyrrole nitrogens is 3. The molecule has 0 radical (unpaired) electrons. The number of aromatic amines is 3. The molecule has 0 spiro atoms. The number of nitrogens with zero attached hydrogens (tertiary/aromatic N) is 11. The zero-order valence-electron chi connectivity index (χ0n) is 48.2. The molecule has 15 N–H and O–H groups in total. The number of pyridine rings is 3. The van der Waals surface area contributed by atoms with Crippen molar-refractivity contribution in [1.29, 1.82) is 0 Å². The number of nitrogens with one attached hydrogen (secondary N) is 9. The van der Waals surface area contributed by atoms with Gasteiger partial charge in [0, 0.05) is 136 Å². The summed E-state index contributed by atoms with van der Waals surface area (Å²) in [5.41, 5.74) is 23.4. The summed E-state index contributed by atoms with van der Waals surface area (Å²) in [6, 6.07) is 18.9. The van der Waals surface area contributed by atoms with Gasteiger partial charge >= 0.3 is 0 Å². The number of hydrogen-bond acceptors (Lipinski definition) is 19. The second-order valence-corrected chi connectivity index (χ2v) is 22.4. The fraction of sp³-hybridized carbons (Fsp3) is 0.310. The van der Waals surface area contributed by atoms with E-state index in [2.05, 4.69) is 114 Å². The molecule has 480 valence electrons. The lowest BCUT2D eigenvalue weighted by molar-refractivity contribution is 0.716. The average Bonchev–Trinajstić information content (AvgIpc) is 2.07. The van der Waals surface area contributed by atoms with Crippen molar-refractivity contribution in [2.45, 2.75) is 78.4 Å². The van der Waals surface area contributed by atoms with Crippen LogP contribution >= 0.6 is 106 Å². The van der Waals surface area contributed by atoms with Crippen molar-refractivity contribution in [2.75, 3.05) is 49.9 Å². The molecule has 10 aromatic rings. The molecule has 0 unspecified atom stereocenters. The summed E-state index contributed by atoms with van der Waals surface area (Å²) in [7, 11) is 0. The van der Waals surface area contributed by atoms with Gasteiger partial charge in [0.25, 0.3) is 0 Å². The average molecular weight is 1400 g/mol. The van der Waals surface area contributed by atoms with Gasteiger partial charge in [-0.3, -0.25) is 0 Å². The maximum absolute atomic E-state index is 5.81. The van der Waals surface area contributed by atoms with Gasteiger partial charge in [-0.2, -0.15) is 0 Å². The highest BCUT2D eigenvalue weighted by atomic mass is 35.5. The molecule has 10 rings (SSSR count). The van der Waals surface area contributed by atoms with E-state index in [0.717, 1.165) is 152 Å². The SMILES string of the molecule is C.NCCCCc1ccnc(Cl)n1.NCCCCc1nccc(Cl)n1.NCc1ccnc2[nH]ccc12.S=C(Cl)Cl.S=C(NCCCNc1ccnc(Cl)n1)NCc1ccnc2[nH]ccc12.S=C(NCCCNc1nccc(Cl)n1)NCc1ccnc2[nH]ccc12. The fourth-order valence-corrected chi connectivity index (χ4v) is 8.70. The molecule has 0 amide bonds. The van der Waals surface area contributed by atoms with Gasteiger partial charge in [0.2, 0.25) is 16.5 Å². The number of hydrogen-bond donors (Lipinski definition) is 12. The molecule has 10 aromatic heterocycles. The molecule has 0 atom stereocenters. The van der Waals surface area contributed by atoms with E-state index in [1.807, 2.05) is 61.1 Å². The van der Waals surface area contributed by atoms with Crippen LogP contribution in [0.15, 0.2) is 123 Å². The number of rotatable bonds is 23. The second kappa shape index (κ2) is 44.5. The lowest BCUT2D eigenvalue weighted by Gasteiger charge is -2.11. The van der Waals surface area contributed by atoms with Crippen molar-refractivity contribution in [3.05, 3.63) is 172 Å². The highest BCUT2D eigenvalue weighted by Crippen LogP contribution is 2.17. The molecule has 0 aromatic carbocycles. The monoisotopic (exact) mass is 1400 g/mol. The number of aromatic nitrogens is 14. The van der Waals surface area contributed by atoms with E-state index in [-0.39, 0.29) is 16.5 Å².